The van der Waals surface area contributed by atoms with Crippen molar-refractivity contribution in [3.8, 4) is 0 Å². The van der Waals surface area contributed by atoms with E-state index in [1.807, 2.05) is 19.9 Å². The lowest BCUT2D eigenvalue weighted by atomic mass is 10.1. The first-order valence-electron chi connectivity index (χ1n) is 6.86. The fraction of sp³-hybridized carbons (Fsp3) is 0.529. The summed E-state index contributed by atoms with van der Waals surface area (Å²) in [7, 11) is 0. The number of hydrogen-bond donors (Lipinski definition) is 0. The molecule has 0 aromatic carbocycles. The van der Waals surface area contributed by atoms with Gasteiger partial charge in [-0.15, -0.1) is 11.6 Å². The number of allylic oxidation sites excluding steroid dienone is 5. The van der Waals surface area contributed by atoms with E-state index in [0.717, 1.165) is 12.8 Å². The molecule has 0 fully saturated rings. The van der Waals surface area contributed by atoms with E-state index in [1.54, 1.807) is 0 Å². The van der Waals surface area contributed by atoms with Gasteiger partial charge < -0.3 is 4.74 Å². The zero-order chi connectivity index (χ0) is 14.5. The molecule has 19 heavy (non-hydrogen) atoms. The van der Waals surface area contributed by atoms with E-state index in [-0.39, 0.29) is 0 Å². The highest BCUT2D eigenvalue weighted by molar-refractivity contribution is 6.19. The van der Waals surface area contributed by atoms with Crippen molar-refractivity contribution in [1.29, 1.82) is 0 Å². The van der Waals surface area contributed by atoms with Crippen LogP contribution in [-0.2, 0) is 4.74 Å². The standard InChI is InChI=1S/C17H27ClO/c1-5-8-17(6-2)14-19-12-11-15(3)9-7-10-16(4)13-18/h5-6,8,10-11H,7,9,12-14H2,1-4H3/b8-5-,15-11+,16-10+,17-6+. The average molecular weight is 283 g/mol. The third-order valence-electron chi connectivity index (χ3n) is 2.81. The Hall–Kier alpha value is -0.790. The van der Waals surface area contributed by atoms with E-state index in [4.69, 9.17) is 16.3 Å². The normalized spacial score (nSPS) is 14.5. The molecule has 0 rings (SSSR count). The average Bonchev–Trinajstić information content (AvgIpc) is 2.41. The number of ether oxygens (including phenoxy) is 1. The molecule has 0 aromatic heterocycles. The second-order valence-corrected chi connectivity index (χ2v) is 4.92. The van der Waals surface area contributed by atoms with Gasteiger partial charge in [0, 0.05) is 5.88 Å². The molecule has 0 aliphatic rings. The Bertz CT molecular complexity index is 348. The van der Waals surface area contributed by atoms with E-state index < -0.39 is 0 Å². The lowest BCUT2D eigenvalue weighted by Gasteiger charge is -2.03. The highest BCUT2D eigenvalue weighted by atomic mass is 35.5. The zero-order valence-electron chi connectivity index (χ0n) is 12.7. The summed E-state index contributed by atoms with van der Waals surface area (Å²) in [5.74, 6) is 0.628. The van der Waals surface area contributed by atoms with Crippen molar-refractivity contribution in [2.24, 2.45) is 0 Å². The van der Waals surface area contributed by atoms with Crippen molar-refractivity contribution in [2.45, 2.75) is 40.5 Å². The van der Waals surface area contributed by atoms with E-state index in [1.165, 1.54) is 16.7 Å². The van der Waals surface area contributed by atoms with Crippen molar-refractivity contribution in [3.63, 3.8) is 0 Å². The van der Waals surface area contributed by atoms with Gasteiger partial charge in [-0.2, -0.15) is 0 Å². The summed E-state index contributed by atoms with van der Waals surface area (Å²) in [6.45, 7) is 9.62. The highest BCUT2D eigenvalue weighted by Crippen LogP contribution is 2.07. The maximum Gasteiger partial charge on any atom is 0.0717 e. The topological polar surface area (TPSA) is 9.23 Å². The first-order valence-corrected chi connectivity index (χ1v) is 7.40. The molecule has 0 atom stereocenters. The predicted octanol–water partition coefficient (Wildman–Crippen LogP) is 5.44. The summed E-state index contributed by atoms with van der Waals surface area (Å²) in [4.78, 5) is 0. The number of alkyl halides is 1. The molecule has 1 nitrogen and oxygen atoms in total. The zero-order valence-corrected chi connectivity index (χ0v) is 13.5. The van der Waals surface area contributed by atoms with Crippen LogP contribution in [0.3, 0.4) is 0 Å². The largest absolute Gasteiger partial charge is 0.373 e. The molecule has 2 heteroatoms. The molecular weight excluding hydrogens is 256 g/mol. The second kappa shape index (κ2) is 12.3. The fourth-order valence-corrected chi connectivity index (χ4v) is 1.63. The summed E-state index contributed by atoms with van der Waals surface area (Å²) >= 11 is 5.73. The fourth-order valence-electron chi connectivity index (χ4n) is 1.52. The third kappa shape index (κ3) is 10.8. The molecule has 0 saturated carbocycles. The van der Waals surface area contributed by atoms with Gasteiger partial charge in [-0.25, -0.2) is 0 Å². The van der Waals surface area contributed by atoms with Gasteiger partial charge in [0.05, 0.1) is 13.2 Å². The van der Waals surface area contributed by atoms with Gasteiger partial charge in [-0.05, 0) is 46.1 Å². The van der Waals surface area contributed by atoms with E-state index in [9.17, 15) is 0 Å². The van der Waals surface area contributed by atoms with Crippen LogP contribution in [0.5, 0.6) is 0 Å². The van der Waals surface area contributed by atoms with Gasteiger partial charge in [0.25, 0.3) is 0 Å². The van der Waals surface area contributed by atoms with Gasteiger partial charge in [0.15, 0.2) is 0 Å². The molecule has 0 aliphatic heterocycles. The van der Waals surface area contributed by atoms with Crippen LogP contribution in [0, 0.1) is 0 Å². The molecule has 0 radical (unpaired) electrons. The minimum atomic E-state index is 0.628. The number of rotatable bonds is 9. The maximum atomic E-state index is 5.73. The molecule has 0 saturated heterocycles. The molecule has 0 amide bonds. The Morgan fingerprint density at radius 2 is 1.84 bits per heavy atom. The molecule has 0 bridgehead atoms. The molecule has 0 aromatic rings. The van der Waals surface area contributed by atoms with Crippen molar-refractivity contribution < 1.29 is 4.74 Å². The Labute approximate surface area is 123 Å². The summed E-state index contributed by atoms with van der Waals surface area (Å²) < 4.78 is 5.63. The van der Waals surface area contributed by atoms with Crippen molar-refractivity contribution in [2.75, 3.05) is 19.1 Å². The van der Waals surface area contributed by atoms with Gasteiger partial charge in [0.1, 0.15) is 0 Å². The lowest BCUT2D eigenvalue weighted by Crippen LogP contribution is -1.97. The first-order chi connectivity index (χ1) is 9.13. The first kappa shape index (κ1) is 18.2. The van der Waals surface area contributed by atoms with E-state index >= 15 is 0 Å². The molecular formula is C17H27ClO. The summed E-state index contributed by atoms with van der Waals surface area (Å²) in [5, 5.41) is 0. The number of hydrogen-bond acceptors (Lipinski definition) is 1. The minimum absolute atomic E-state index is 0.628. The third-order valence-corrected chi connectivity index (χ3v) is 3.23. The van der Waals surface area contributed by atoms with Gasteiger partial charge in [0.2, 0.25) is 0 Å². The Morgan fingerprint density at radius 3 is 2.42 bits per heavy atom. The summed E-state index contributed by atoms with van der Waals surface area (Å²) in [5.41, 5.74) is 3.83. The van der Waals surface area contributed by atoms with Crippen LogP contribution in [0.1, 0.15) is 40.5 Å². The SMILES string of the molecule is C/C=C\C(=C/C)COC/C=C(\C)CC/C=C(\C)CCl. The highest BCUT2D eigenvalue weighted by Gasteiger charge is 1.92. The van der Waals surface area contributed by atoms with Crippen LogP contribution >= 0.6 is 11.6 Å². The van der Waals surface area contributed by atoms with Crippen LogP contribution in [0.25, 0.3) is 0 Å². The van der Waals surface area contributed by atoms with Crippen molar-refractivity contribution in [1.82, 2.24) is 0 Å². The quantitative estimate of drug-likeness (QED) is 0.237. The smallest absolute Gasteiger partial charge is 0.0717 e. The second-order valence-electron chi connectivity index (χ2n) is 4.65. The van der Waals surface area contributed by atoms with Crippen LogP contribution in [0.15, 0.2) is 47.1 Å². The Morgan fingerprint density at radius 1 is 1.11 bits per heavy atom. The molecule has 0 aliphatic carbocycles. The Balaban J connectivity index is 3.87. The molecule has 108 valence electrons. The maximum absolute atomic E-state index is 5.73. The van der Waals surface area contributed by atoms with E-state index in [0.29, 0.717) is 19.1 Å². The van der Waals surface area contributed by atoms with E-state index in [2.05, 4.69) is 38.2 Å². The van der Waals surface area contributed by atoms with Crippen molar-refractivity contribution in [3.05, 3.63) is 47.1 Å². The van der Waals surface area contributed by atoms with Crippen LogP contribution < -0.4 is 0 Å². The van der Waals surface area contributed by atoms with Gasteiger partial charge >= 0.3 is 0 Å². The summed E-state index contributed by atoms with van der Waals surface area (Å²) in [6.07, 6.45) is 12.7. The van der Waals surface area contributed by atoms with Crippen LogP contribution in [0.2, 0.25) is 0 Å². The summed E-state index contributed by atoms with van der Waals surface area (Å²) in [6, 6.07) is 0. The van der Waals surface area contributed by atoms with Crippen LogP contribution in [0.4, 0.5) is 0 Å². The molecule has 0 heterocycles. The molecule has 0 unspecified atom stereocenters. The molecule has 0 spiro atoms. The monoisotopic (exact) mass is 282 g/mol. The van der Waals surface area contributed by atoms with Crippen molar-refractivity contribution >= 4 is 11.6 Å². The van der Waals surface area contributed by atoms with Gasteiger partial charge in [-0.1, -0.05) is 41.5 Å². The van der Waals surface area contributed by atoms with Gasteiger partial charge in [-0.3, -0.25) is 0 Å². The lowest BCUT2D eigenvalue weighted by molar-refractivity contribution is 0.188. The number of halogens is 1. The van der Waals surface area contributed by atoms with Crippen LogP contribution in [-0.4, -0.2) is 19.1 Å². The minimum Gasteiger partial charge on any atom is -0.373 e. The molecule has 0 N–H and O–H groups in total. The predicted molar refractivity (Wildman–Crippen MR) is 86.9 cm³/mol. The Kier molecular flexibility index (Phi) is 11.7.